The van der Waals surface area contributed by atoms with Crippen LogP contribution >= 0.6 is 0 Å². The first-order valence-electron chi connectivity index (χ1n) is 9.06. The van der Waals surface area contributed by atoms with E-state index in [1.54, 1.807) is 12.1 Å². The highest BCUT2D eigenvalue weighted by Crippen LogP contribution is 2.49. The van der Waals surface area contributed by atoms with Crippen LogP contribution in [0.4, 0.5) is 9.18 Å². The lowest BCUT2D eigenvalue weighted by atomic mass is 9.84. The van der Waals surface area contributed by atoms with Crippen LogP contribution in [0, 0.1) is 23.6 Å². The molecule has 4 atom stereocenters. The zero-order valence-electron chi connectivity index (χ0n) is 14.6. The molecule has 0 unspecified atom stereocenters. The van der Waals surface area contributed by atoms with E-state index in [2.05, 4.69) is 22.9 Å². The molecule has 3 amide bonds. The number of hydrogen-bond acceptors (Lipinski definition) is 2. The van der Waals surface area contributed by atoms with Crippen molar-refractivity contribution in [3.05, 3.63) is 35.6 Å². The molecule has 0 aliphatic heterocycles. The zero-order chi connectivity index (χ0) is 17.8. The lowest BCUT2D eigenvalue weighted by molar-refractivity contribution is -0.121. The maximum absolute atomic E-state index is 12.8. The largest absolute Gasteiger partial charge is 0.352 e. The summed E-state index contributed by atoms with van der Waals surface area (Å²) >= 11 is 0. The van der Waals surface area contributed by atoms with Gasteiger partial charge in [0.1, 0.15) is 5.82 Å². The van der Waals surface area contributed by atoms with E-state index in [-0.39, 0.29) is 30.9 Å². The second kappa shape index (κ2) is 7.85. The van der Waals surface area contributed by atoms with Crippen LogP contribution in [-0.2, 0) is 11.3 Å². The van der Waals surface area contributed by atoms with Gasteiger partial charge in [-0.15, -0.1) is 0 Å². The number of urea groups is 1. The smallest absolute Gasteiger partial charge is 0.315 e. The lowest BCUT2D eigenvalue weighted by Crippen LogP contribution is -2.46. The molecule has 0 heterocycles. The molecule has 2 aliphatic rings. The van der Waals surface area contributed by atoms with Crippen LogP contribution < -0.4 is 16.0 Å². The average molecular weight is 347 g/mol. The van der Waals surface area contributed by atoms with Crippen molar-refractivity contribution in [2.24, 2.45) is 17.8 Å². The van der Waals surface area contributed by atoms with Crippen molar-refractivity contribution in [2.75, 3.05) is 6.54 Å². The standard InChI is InChI=1S/C19H26FN3O2/c1-12(17-9-14-2-5-15(17)8-14)23-18(24)11-22-19(25)21-10-13-3-6-16(20)7-4-13/h3-4,6-7,12,14-15,17H,2,5,8-11H2,1H3,(H,23,24)(H2,21,22,25)/t12-,14-,15-,17-/m0/s1. The van der Waals surface area contributed by atoms with E-state index in [0.717, 1.165) is 17.4 Å². The maximum atomic E-state index is 12.8. The molecule has 2 aliphatic carbocycles. The average Bonchev–Trinajstić information content (AvgIpc) is 3.23. The fourth-order valence-electron chi connectivity index (χ4n) is 4.33. The first-order valence-corrected chi connectivity index (χ1v) is 9.06. The summed E-state index contributed by atoms with van der Waals surface area (Å²) in [5, 5.41) is 8.23. The van der Waals surface area contributed by atoms with E-state index >= 15 is 0 Å². The minimum Gasteiger partial charge on any atom is -0.352 e. The number of benzene rings is 1. The number of hydrogen-bond donors (Lipinski definition) is 3. The van der Waals surface area contributed by atoms with Crippen molar-refractivity contribution in [1.29, 1.82) is 0 Å². The molecule has 5 nitrogen and oxygen atoms in total. The van der Waals surface area contributed by atoms with E-state index in [9.17, 15) is 14.0 Å². The summed E-state index contributed by atoms with van der Waals surface area (Å²) in [6, 6.07) is 5.66. The van der Waals surface area contributed by atoms with Gasteiger partial charge in [0.05, 0.1) is 6.54 Å². The van der Waals surface area contributed by atoms with Crippen LogP contribution in [0.15, 0.2) is 24.3 Å². The van der Waals surface area contributed by atoms with Crippen molar-refractivity contribution in [3.63, 3.8) is 0 Å². The third-order valence-corrected chi connectivity index (χ3v) is 5.60. The van der Waals surface area contributed by atoms with Crippen molar-refractivity contribution in [2.45, 2.75) is 45.2 Å². The highest BCUT2D eigenvalue weighted by Gasteiger charge is 2.42. The number of rotatable bonds is 6. The molecule has 136 valence electrons. The third-order valence-electron chi connectivity index (χ3n) is 5.60. The lowest BCUT2D eigenvalue weighted by Gasteiger charge is -2.28. The van der Waals surface area contributed by atoms with E-state index in [1.165, 1.54) is 37.8 Å². The Morgan fingerprint density at radius 1 is 1.16 bits per heavy atom. The molecule has 0 saturated heterocycles. The second-order valence-electron chi connectivity index (χ2n) is 7.36. The fraction of sp³-hybridized carbons (Fsp3) is 0.579. The van der Waals surface area contributed by atoms with Crippen LogP contribution in [0.5, 0.6) is 0 Å². The van der Waals surface area contributed by atoms with Crippen LogP contribution in [0.25, 0.3) is 0 Å². The quantitative estimate of drug-likeness (QED) is 0.740. The summed E-state index contributed by atoms with van der Waals surface area (Å²) in [5.41, 5.74) is 0.797. The molecule has 2 bridgehead atoms. The molecule has 0 radical (unpaired) electrons. The van der Waals surface area contributed by atoms with Crippen LogP contribution in [0.2, 0.25) is 0 Å². The normalized spacial score (nSPS) is 25.4. The molecular formula is C19H26FN3O2. The molecule has 0 aromatic heterocycles. The summed E-state index contributed by atoms with van der Waals surface area (Å²) in [6.07, 6.45) is 5.17. The Bertz CT molecular complexity index is 620. The highest BCUT2D eigenvalue weighted by molar-refractivity contribution is 5.84. The Morgan fingerprint density at radius 3 is 2.56 bits per heavy atom. The number of nitrogens with one attached hydrogen (secondary N) is 3. The van der Waals surface area contributed by atoms with Crippen molar-refractivity contribution in [3.8, 4) is 0 Å². The Hall–Kier alpha value is -2.11. The fourth-order valence-corrected chi connectivity index (χ4v) is 4.33. The summed E-state index contributed by atoms with van der Waals surface area (Å²) in [5.74, 6) is 1.72. The summed E-state index contributed by atoms with van der Waals surface area (Å²) < 4.78 is 12.8. The van der Waals surface area contributed by atoms with E-state index in [0.29, 0.717) is 5.92 Å². The molecule has 3 rings (SSSR count). The minimum atomic E-state index is -0.410. The Kier molecular flexibility index (Phi) is 5.56. The van der Waals surface area contributed by atoms with E-state index < -0.39 is 6.03 Å². The molecule has 1 aromatic rings. The Labute approximate surface area is 147 Å². The number of carbonyl (C=O) groups is 2. The molecule has 6 heteroatoms. The van der Waals surface area contributed by atoms with Crippen molar-refractivity contribution in [1.82, 2.24) is 16.0 Å². The first kappa shape index (κ1) is 17.7. The van der Waals surface area contributed by atoms with Crippen LogP contribution in [0.1, 0.15) is 38.2 Å². The van der Waals surface area contributed by atoms with E-state index in [4.69, 9.17) is 0 Å². The summed E-state index contributed by atoms with van der Waals surface area (Å²) in [4.78, 5) is 23.8. The maximum Gasteiger partial charge on any atom is 0.315 e. The molecule has 3 N–H and O–H groups in total. The van der Waals surface area contributed by atoms with Gasteiger partial charge in [-0.05, 0) is 61.6 Å². The van der Waals surface area contributed by atoms with Gasteiger partial charge in [0.25, 0.3) is 0 Å². The number of carbonyl (C=O) groups excluding carboxylic acids is 2. The molecule has 0 spiro atoms. The van der Waals surface area contributed by atoms with Gasteiger partial charge in [-0.3, -0.25) is 4.79 Å². The molecule has 1 aromatic carbocycles. The minimum absolute atomic E-state index is 0.0413. The van der Waals surface area contributed by atoms with Gasteiger partial charge in [-0.25, -0.2) is 9.18 Å². The van der Waals surface area contributed by atoms with Gasteiger partial charge in [0, 0.05) is 12.6 Å². The molecule has 2 saturated carbocycles. The molecule has 2 fully saturated rings. The van der Waals surface area contributed by atoms with Gasteiger partial charge < -0.3 is 16.0 Å². The SMILES string of the molecule is C[C@H](NC(=O)CNC(=O)NCc1ccc(F)cc1)[C@@H]1C[C@H]2CC[C@H]1C2. The monoisotopic (exact) mass is 347 g/mol. The topological polar surface area (TPSA) is 70.2 Å². The van der Waals surface area contributed by atoms with E-state index in [1.807, 2.05) is 0 Å². The van der Waals surface area contributed by atoms with Gasteiger partial charge in [-0.2, -0.15) is 0 Å². The van der Waals surface area contributed by atoms with Crippen LogP contribution in [0.3, 0.4) is 0 Å². The molecular weight excluding hydrogens is 321 g/mol. The van der Waals surface area contributed by atoms with Gasteiger partial charge in [0.2, 0.25) is 5.91 Å². The number of halogens is 1. The Balaban J connectivity index is 1.34. The van der Waals surface area contributed by atoms with Crippen LogP contribution in [-0.4, -0.2) is 24.5 Å². The highest BCUT2D eigenvalue weighted by atomic mass is 19.1. The first-order chi connectivity index (χ1) is 12.0. The predicted molar refractivity (Wildman–Crippen MR) is 93.2 cm³/mol. The third kappa shape index (κ3) is 4.71. The van der Waals surface area contributed by atoms with Gasteiger partial charge >= 0.3 is 6.03 Å². The van der Waals surface area contributed by atoms with Gasteiger partial charge in [-0.1, -0.05) is 18.6 Å². The Morgan fingerprint density at radius 2 is 1.92 bits per heavy atom. The summed E-state index contributed by atoms with van der Waals surface area (Å²) in [6.45, 7) is 2.31. The van der Waals surface area contributed by atoms with Crippen molar-refractivity contribution >= 4 is 11.9 Å². The van der Waals surface area contributed by atoms with Gasteiger partial charge in [0.15, 0.2) is 0 Å². The summed E-state index contributed by atoms with van der Waals surface area (Å²) in [7, 11) is 0. The molecule has 25 heavy (non-hydrogen) atoms. The van der Waals surface area contributed by atoms with Crippen molar-refractivity contribution < 1.29 is 14.0 Å². The second-order valence-corrected chi connectivity index (χ2v) is 7.36. The number of amides is 3. The zero-order valence-corrected chi connectivity index (χ0v) is 14.6. The predicted octanol–water partition coefficient (Wildman–Crippen LogP) is 2.57. The number of fused-ring (bicyclic) bond motifs is 2.